The van der Waals surface area contributed by atoms with Gasteiger partial charge in [0.15, 0.2) is 0 Å². The van der Waals surface area contributed by atoms with Gasteiger partial charge in [0.2, 0.25) is 5.91 Å². The zero-order valence-corrected chi connectivity index (χ0v) is 14.2. The van der Waals surface area contributed by atoms with Crippen LogP contribution in [-0.2, 0) is 11.3 Å². The van der Waals surface area contributed by atoms with E-state index in [4.69, 9.17) is 0 Å². The van der Waals surface area contributed by atoms with Crippen LogP contribution in [-0.4, -0.2) is 24.4 Å². The van der Waals surface area contributed by atoms with Gasteiger partial charge in [0.05, 0.1) is 0 Å². The second-order valence-electron chi connectivity index (χ2n) is 5.94. The van der Waals surface area contributed by atoms with Crippen LogP contribution in [0, 0.1) is 0 Å². The van der Waals surface area contributed by atoms with E-state index in [9.17, 15) is 14.4 Å². The molecule has 134 valence electrons. The zero-order chi connectivity index (χ0) is 18.4. The van der Waals surface area contributed by atoms with Gasteiger partial charge in [-0.05, 0) is 36.2 Å². The molecule has 1 fully saturated rings. The molecule has 0 aromatic heterocycles. The van der Waals surface area contributed by atoms with E-state index in [0.29, 0.717) is 18.5 Å². The first-order valence-electron chi connectivity index (χ1n) is 8.42. The van der Waals surface area contributed by atoms with Crippen molar-refractivity contribution in [1.82, 2.24) is 16.2 Å². The molecule has 2 aromatic rings. The standard InChI is InChI=1S/C19H20N4O3/c24-17-7-4-12-23(17)16-10-8-14(9-11-16)13-20-19(26)22-21-18(25)15-5-2-1-3-6-15/h1-3,5-6,8-11H,4,7,12-13H2,(H,21,25)(H2,20,22,26). The third-order valence-corrected chi connectivity index (χ3v) is 4.10. The quantitative estimate of drug-likeness (QED) is 0.735. The number of rotatable bonds is 4. The van der Waals surface area contributed by atoms with Crippen molar-refractivity contribution in [2.24, 2.45) is 0 Å². The van der Waals surface area contributed by atoms with Crippen LogP contribution in [0.5, 0.6) is 0 Å². The molecule has 1 heterocycles. The van der Waals surface area contributed by atoms with Crippen LogP contribution in [0.3, 0.4) is 0 Å². The fourth-order valence-corrected chi connectivity index (χ4v) is 2.72. The van der Waals surface area contributed by atoms with E-state index >= 15 is 0 Å². The van der Waals surface area contributed by atoms with Gasteiger partial charge in [0, 0.05) is 30.8 Å². The topological polar surface area (TPSA) is 90.5 Å². The first-order chi connectivity index (χ1) is 12.6. The van der Waals surface area contributed by atoms with Gasteiger partial charge in [-0.2, -0.15) is 0 Å². The number of urea groups is 1. The molecular formula is C19H20N4O3. The zero-order valence-electron chi connectivity index (χ0n) is 14.2. The van der Waals surface area contributed by atoms with Crippen LogP contribution >= 0.6 is 0 Å². The van der Waals surface area contributed by atoms with Crippen molar-refractivity contribution in [2.75, 3.05) is 11.4 Å². The Morgan fingerprint density at radius 2 is 1.69 bits per heavy atom. The average Bonchev–Trinajstić information content (AvgIpc) is 3.11. The summed E-state index contributed by atoms with van der Waals surface area (Å²) in [5.74, 6) is -0.246. The molecule has 4 amide bonds. The largest absolute Gasteiger partial charge is 0.333 e. The van der Waals surface area contributed by atoms with Crippen molar-refractivity contribution < 1.29 is 14.4 Å². The first-order valence-corrected chi connectivity index (χ1v) is 8.42. The molecule has 0 aliphatic carbocycles. The predicted octanol–water partition coefficient (Wildman–Crippen LogP) is 1.96. The highest BCUT2D eigenvalue weighted by atomic mass is 16.2. The smallest absolute Gasteiger partial charge is 0.333 e. The van der Waals surface area contributed by atoms with Crippen LogP contribution in [0.1, 0.15) is 28.8 Å². The maximum Gasteiger partial charge on any atom is 0.333 e. The Bertz CT molecular complexity index is 790. The van der Waals surface area contributed by atoms with Crippen molar-refractivity contribution in [2.45, 2.75) is 19.4 Å². The number of hydrogen-bond donors (Lipinski definition) is 3. The van der Waals surface area contributed by atoms with Gasteiger partial charge in [0.1, 0.15) is 0 Å². The Morgan fingerprint density at radius 3 is 2.35 bits per heavy atom. The highest BCUT2D eigenvalue weighted by Gasteiger charge is 2.21. The molecule has 0 atom stereocenters. The number of anilines is 1. The van der Waals surface area contributed by atoms with E-state index in [1.807, 2.05) is 30.3 Å². The minimum absolute atomic E-state index is 0.143. The number of nitrogens with zero attached hydrogens (tertiary/aromatic N) is 1. The third kappa shape index (κ3) is 4.38. The van der Waals surface area contributed by atoms with Crippen molar-refractivity contribution in [3.05, 3.63) is 65.7 Å². The highest BCUT2D eigenvalue weighted by molar-refractivity contribution is 5.95. The minimum Gasteiger partial charge on any atom is -0.333 e. The summed E-state index contributed by atoms with van der Waals surface area (Å²) in [7, 11) is 0. The van der Waals surface area contributed by atoms with Crippen LogP contribution in [0.4, 0.5) is 10.5 Å². The lowest BCUT2D eigenvalue weighted by Crippen LogP contribution is -2.46. The molecule has 7 nitrogen and oxygen atoms in total. The molecule has 0 saturated carbocycles. The third-order valence-electron chi connectivity index (χ3n) is 4.10. The number of carbonyl (C=O) groups excluding carboxylic acids is 3. The van der Waals surface area contributed by atoms with Crippen molar-refractivity contribution >= 4 is 23.5 Å². The number of carbonyl (C=O) groups is 3. The molecule has 1 aliphatic heterocycles. The SMILES string of the molecule is O=C(NCc1ccc(N2CCCC2=O)cc1)NNC(=O)c1ccccc1. The van der Waals surface area contributed by atoms with Crippen LogP contribution in [0.15, 0.2) is 54.6 Å². The van der Waals surface area contributed by atoms with E-state index in [1.165, 1.54) is 0 Å². The Kier molecular flexibility index (Phi) is 5.48. The van der Waals surface area contributed by atoms with Crippen LogP contribution < -0.4 is 21.1 Å². The van der Waals surface area contributed by atoms with E-state index in [-0.39, 0.29) is 11.8 Å². The molecule has 3 rings (SSSR count). The summed E-state index contributed by atoms with van der Waals surface area (Å²) < 4.78 is 0. The summed E-state index contributed by atoms with van der Waals surface area (Å²) in [5.41, 5.74) is 6.87. The maximum absolute atomic E-state index is 11.8. The fourth-order valence-electron chi connectivity index (χ4n) is 2.72. The minimum atomic E-state index is -0.506. The summed E-state index contributed by atoms with van der Waals surface area (Å²) in [6.07, 6.45) is 1.48. The summed E-state index contributed by atoms with van der Waals surface area (Å²) in [5, 5.41) is 2.66. The molecule has 7 heteroatoms. The van der Waals surface area contributed by atoms with Crippen molar-refractivity contribution in [3.8, 4) is 0 Å². The summed E-state index contributed by atoms with van der Waals surface area (Å²) >= 11 is 0. The van der Waals surface area contributed by atoms with Gasteiger partial charge < -0.3 is 10.2 Å². The molecule has 0 radical (unpaired) electrons. The lowest BCUT2D eigenvalue weighted by Gasteiger charge is -2.16. The summed E-state index contributed by atoms with van der Waals surface area (Å²) in [6.45, 7) is 1.06. The van der Waals surface area contributed by atoms with Gasteiger partial charge in [0.25, 0.3) is 5.91 Å². The molecule has 1 aliphatic rings. The van der Waals surface area contributed by atoms with Gasteiger partial charge >= 0.3 is 6.03 Å². The van der Waals surface area contributed by atoms with E-state index in [1.54, 1.807) is 29.2 Å². The van der Waals surface area contributed by atoms with Crippen molar-refractivity contribution in [1.29, 1.82) is 0 Å². The molecule has 3 N–H and O–H groups in total. The Hall–Kier alpha value is -3.35. The Labute approximate surface area is 151 Å². The number of amides is 4. The van der Waals surface area contributed by atoms with E-state index in [0.717, 1.165) is 24.2 Å². The number of hydrogen-bond acceptors (Lipinski definition) is 3. The molecule has 0 spiro atoms. The molecule has 2 aromatic carbocycles. The van der Waals surface area contributed by atoms with E-state index < -0.39 is 6.03 Å². The van der Waals surface area contributed by atoms with Crippen molar-refractivity contribution in [3.63, 3.8) is 0 Å². The van der Waals surface area contributed by atoms with Gasteiger partial charge in [-0.1, -0.05) is 30.3 Å². The highest BCUT2D eigenvalue weighted by Crippen LogP contribution is 2.21. The monoisotopic (exact) mass is 352 g/mol. The number of hydrazine groups is 1. The average molecular weight is 352 g/mol. The van der Waals surface area contributed by atoms with Gasteiger partial charge in [-0.15, -0.1) is 0 Å². The fraction of sp³-hybridized carbons (Fsp3) is 0.211. The Morgan fingerprint density at radius 1 is 0.962 bits per heavy atom. The van der Waals surface area contributed by atoms with Gasteiger partial charge in [-0.3, -0.25) is 15.0 Å². The molecule has 1 saturated heterocycles. The summed E-state index contributed by atoms with van der Waals surface area (Å²) in [6, 6.07) is 15.6. The lowest BCUT2D eigenvalue weighted by atomic mass is 10.2. The first kappa shape index (κ1) is 17.5. The summed E-state index contributed by atoms with van der Waals surface area (Å²) in [4.78, 5) is 37.1. The molecule has 0 bridgehead atoms. The second-order valence-corrected chi connectivity index (χ2v) is 5.94. The number of benzene rings is 2. The van der Waals surface area contributed by atoms with Crippen LogP contribution in [0.2, 0.25) is 0 Å². The molecular weight excluding hydrogens is 332 g/mol. The Balaban J connectivity index is 1.44. The van der Waals surface area contributed by atoms with Crippen LogP contribution in [0.25, 0.3) is 0 Å². The maximum atomic E-state index is 11.8. The van der Waals surface area contributed by atoms with Gasteiger partial charge in [-0.25, -0.2) is 10.2 Å². The molecule has 26 heavy (non-hydrogen) atoms. The predicted molar refractivity (Wildman–Crippen MR) is 97.3 cm³/mol. The van der Waals surface area contributed by atoms with E-state index in [2.05, 4.69) is 16.2 Å². The molecule has 0 unspecified atom stereocenters. The second kappa shape index (κ2) is 8.15. The normalized spacial score (nSPS) is 13.4. The lowest BCUT2D eigenvalue weighted by molar-refractivity contribution is -0.117. The number of nitrogens with one attached hydrogen (secondary N) is 3.